The number of hydrogen-bond donors (Lipinski definition) is 2. The van der Waals surface area contributed by atoms with E-state index < -0.39 is 11.4 Å². The zero-order valence-electron chi connectivity index (χ0n) is 10.9. The molecule has 0 aromatic carbocycles. The van der Waals surface area contributed by atoms with Crippen molar-refractivity contribution in [3.63, 3.8) is 0 Å². The Morgan fingerprint density at radius 2 is 2.22 bits per heavy atom. The molecule has 1 aliphatic rings. The van der Waals surface area contributed by atoms with E-state index in [0.717, 1.165) is 0 Å². The SMILES string of the molecule is C#CCNC(=O)CN1CCC(C(=O)O)(C(C)C)C1. The molecule has 1 fully saturated rings. The van der Waals surface area contributed by atoms with E-state index in [1.54, 1.807) is 0 Å². The Morgan fingerprint density at radius 1 is 1.56 bits per heavy atom. The summed E-state index contributed by atoms with van der Waals surface area (Å²) in [6, 6.07) is 0. The van der Waals surface area contributed by atoms with E-state index in [0.29, 0.717) is 19.5 Å². The van der Waals surface area contributed by atoms with Crippen molar-refractivity contribution in [2.24, 2.45) is 11.3 Å². The molecule has 5 nitrogen and oxygen atoms in total. The molecule has 100 valence electrons. The van der Waals surface area contributed by atoms with Crippen molar-refractivity contribution in [2.45, 2.75) is 20.3 Å². The van der Waals surface area contributed by atoms with E-state index in [2.05, 4.69) is 11.2 Å². The average Bonchev–Trinajstić information content (AvgIpc) is 2.71. The van der Waals surface area contributed by atoms with Crippen LogP contribution < -0.4 is 5.32 Å². The number of nitrogens with zero attached hydrogens (tertiary/aromatic N) is 1. The summed E-state index contributed by atoms with van der Waals surface area (Å²) in [7, 11) is 0. The topological polar surface area (TPSA) is 69.6 Å². The summed E-state index contributed by atoms with van der Waals surface area (Å²) >= 11 is 0. The van der Waals surface area contributed by atoms with Crippen LogP contribution in [0.5, 0.6) is 0 Å². The van der Waals surface area contributed by atoms with Gasteiger partial charge in [0.25, 0.3) is 0 Å². The monoisotopic (exact) mass is 252 g/mol. The Bertz CT molecular complexity index is 373. The molecule has 0 radical (unpaired) electrons. The predicted molar refractivity (Wildman–Crippen MR) is 67.8 cm³/mol. The number of carboxylic acid groups (broad SMARTS) is 1. The average molecular weight is 252 g/mol. The van der Waals surface area contributed by atoms with E-state index in [1.807, 2.05) is 18.7 Å². The molecule has 0 spiro atoms. The molecule has 5 heteroatoms. The highest BCUT2D eigenvalue weighted by atomic mass is 16.4. The second kappa shape index (κ2) is 5.87. The molecule has 1 amide bonds. The first kappa shape index (κ1) is 14.5. The van der Waals surface area contributed by atoms with E-state index >= 15 is 0 Å². The van der Waals surface area contributed by atoms with Crippen LogP contribution in [0.1, 0.15) is 20.3 Å². The third-order valence-corrected chi connectivity index (χ3v) is 3.67. The number of amides is 1. The van der Waals surface area contributed by atoms with Crippen molar-refractivity contribution in [1.29, 1.82) is 0 Å². The minimum Gasteiger partial charge on any atom is -0.481 e. The maximum absolute atomic E-state index is 11.5. The molecular weight excluding hydrogens is 232 g/mol. The first-order valence-corrected chi connectivity index (χ1v) is 6.08. The van der Waals surface area contributed by atoms with Crippen LogP contribution in [0.4, 0.5) is 0 Å². The molecule has 0 aromatic heterocycles. The van der Waals surface area contributed by atoms with Gasteiger partial charge in [-0.15, -0.1) is 6.42 Å². The molecule has 0 aromatic rings. The lowest BCUT2D eigenvalue weighted by atomic mass is 9.76. The van der Waals surface area contributed by atoms with Gasteiger partial charge in [-0.2, -0.15) is 0 Å². The number of likely N-dealkylation sites (tertiary alicyclic amines) is 1. The summed E-state index contributed by atoms with van der Waals surface area (Å²) in [5.41, 5.74) is -0.730. The maximum Gasteiger partial charge on any atom is 0.311 e. The molecule has 2 N–H and O–H groups in total. The van der Waals surface area contributed by atoms with Crippen LogP contribution in [0.15, 0.2) is 0 Å². The molecule has 18 heavy (non-hydrogen) atoms. The molecule has 1 aliphatic heterocycles. The Kier molecular flexibility index (Phi) is 4.74. The van der Waals surface area contributed by atoms with Crippen LogP contribution >= 0.6 is 0 Å². The summed E-state index contributed by atoms with van der Waals surface area (Å²) in [5.74, 6) is 1.45. The first-order valence-electron chi connectivity index (χ1n) is 6.08. The van der Waals surface area contributed by atoms with Crippen molar-refractivity contribution in [3.8, 4) is 12.3 Å². The van der Waals surface area contributed by atoms with Gasteiger partial charge in [0.05, 0.1) is 18.5 Å². The lowest BCUT2D eigenvalue weighted by Gasteiger charge is -2.28. The standard InChI is InChI=1S/C13H20N2O3/c1-4-6-14-11(16)8-15-7-5-13(9-15,10(2)3)12(17)18/h1,10H,5-9H2,2-3H3,(H,14,16)(H,17,18). The molecule has 0 aliphatic carbocycles. The van der Waals surface area contributed by atoms with Crippen molar-refractivity contribution < 1.29 is 14.7 Å². The third-order valence-electron chi connectivity index (χ3n) is 3.67. The Hall–Kier alpha value is -1.54. The highest BCUT2D eigenvalue weighted by Gasteiger charge is 2.47. The van der Waals surface area contributed by atoms with Gasteiger partial charge in [0.2, 0.25) is 5.91 Å². The van der Waals surface area contributed by atoms with E-state index in [9.17, 15) is 14.7 Å². The number of terminal acetylenes is 1. The van der Waals surface area contributed by atoms with Crippen LogP contribution in [-0.2, 0) is 9.59 Å². The highest BCUT2D eigenvalue weighted by molar-refractivity contribution is 5.79. The molecule has 1 heterocycles. The maximum atomic E-state index is 11.5. The lowest BCUT2D eigenvalue weighted by Crippen LogP contribution is -2.42. The minimum absolute atomic E-state index is 0.0498. The van der Waals surface area contributed by atoms with Crippen molar-refractivity contribution in [2.75, 3.05) is 26.2 Å². The largest absolute Gasteiger partial charge is 0.481 e. The smallest absolute Gasteiger partial charge is 0.311 e. The number of hydrogen-bond acceptors (Lipinski definition) is 3. The highest BCUT2D eigenvalue weighted by Crippen LogP contribution is 2.37. The molecular formula is C13H20N2O3. The van der Waals surface area contributed by atoms with Crippen molar-refractivity contribution in [1.82, 2.24) is 10.2 Å². The summed E-state index contributed by atoms with van der Waals surface area (Å²) in [6.07, 6.45) is 5.64. The first-order chi connectivity index (χ1) is 8.42. The van der Waals surface area contributed by atoms with Crippen molar-refractivity contribution >= 4 is 11.9 Å². The Morgan fingerprint density at radius 3 is 2.67 bits per heavy atom. The summed E-state index contributed by atoms with van der Waals surface area (Å²) in [5, 5.41) is 12.0. The van der Waals surface area contributed by atoms with E-state index in [-0.39, 0.29) is 24.9 Å². The van der Waals surface area contributed by atoms with Gasteiger partial charge in [0, 0.05) is 6.54 Å². The second-order valence-electron chi connectivity index (χ2n) is 5.06. The summed E-state index contributed by atoms with van der Waals surface area (Å²) in [4.78, 5) is 24.8. The van der Waals surface area contributed by atoms with E-state index in [1.165, 1.54) is 0 Å². The fraction of sp³-hybridized carbons (Fsp3) is 0.692. The normalized spacial score (nSPS) is 23.9. The predicted octanol–water partition coefficient (Wildman–Crippen LogP) is 0.169. The van der Waals surface area contributed by atoms with Gasteiger partial charge in [0.1, 0.15) is 0 Å². The number of aliphatic carboxylic acids is 1. The number of carbonyl (C=O) groups excluding carboxylic acids is 1. The van der Waals surface area contributed by atoms with Crippen LogP contribution in [0.2, 0.25) is 0 Å². The fourth-order valence-corrected chi connectivity index (χ4v) is 2.35. The van der Waals surface area contributed by atoms with Crippen LogP contribution in [-0.4, -0.2) is 48.1 Å². The molecule has 1 atom stereocenters. The molecule has 0 bridgehead atoms. The number of nitrogens with one attached hydrogen (secondary N) is 1. The Balaban J connectivity index is 2.57. The minimum atomic E-state index is -0.774. The van der Waals surface area contributed by atoms with Gasteiger partial charge in [-0.05, 0) is 18.9 Å². The summed E-state index contributed by atoms with van der Waals surface area (Å²) in [6.45, 7) is 5.30. The van der Waals surface area contributed by atoms with Gasteiger partial charge in [0.15, 0.2) is 0 Å². The Labute approximate surface area is 108 Å². The molecule has 0 saturated carbocycles. The molecule has 1 unspecified atom stereocenters. The van der Waals surface area contributed by atoms with Gasteiger partial charge < -0.3 is 10.4 Å². The number of carboxylic acids is 1. The molecule has 1 rings (SSSR count). The molecule has 1 saturated heterocycles. The van der Waals surface area contributed by atoms with Crippen LogP contribution in [0.25, 0.3) is 0 Å². The third kappa shape index (κ3) is 3.02. The van der Waals surface area contributed by atoms with Crippen molar-refractivity contribution in [3.05, 3.63) is 0 Å². The van der Waals surface area contributed by atoms with Gasteiger partial charge >= 0.3 is 5.97 Å². The van der Waals surface area contributed by atoms with Crippen LogP contribution in [0, 0.1) is 23.7 Å². The second-order valence-corrected chi connectivity index (χ2v) is 5.06. The number of rotatable bonds is 5. The van der Waals surface area contributed by atoms with E-state index in [4.69, 9.17) is 6.42 Å². The quantitative estimate of drug-likeness (QED) is 0.684. The van der Waals surface area contributed by atoms with Gasteiger partial charge in [-0.3, -0.25) is 14.5 Å². The zero-order chi connectivity index (χ0) is 13.8. The fourth-order valence-electron chi connectivity index (χ4n) is 2.35. The summed E-state index contributed by atoms with van der Waals surface area (Å²) < 4.78 is 0. The van der Waals surface area contributed by atoms with Gasteiger partial charge in [-0.1, -0.05) is 19.8 Å². The number of carbonyl (C=O) groups is 2. The zero-order valence-corrected chi connectivity index (χ0v) is 10.9. The van der Waals surface area contributed by atoms with Crippen LogP contribution in [0.3, 0.4) is 0 Å². The van der Waals surface area contributed by atoms with Gasteiger partial charge in [-0.25, -0.2) is 0 Å². The lowest BCUT2D eigenvalue weighted by molar-refractivity contribution is -0.151.